The fourth-order valence-electron chi connectivity index (χ4n) is 2.11. The molecule has 0 spiro atoms. The second-order valence-electron chi connectivity index (χ2n) is 4.84. The van der Waals surface area contributed by atoms with E-state index in [2.05, 4.69) is 9.97 Å². The lowest BCUT2D eigenvalue weighted by atomic mass is 10.3. The average molecular weight is 317 g/mol. The molecule has 0 bridgehead atoms. The van der Waals surface area contributed by atoms with Crippen molar-refractivity contribution >= 4 is 22.2 Å². The summed E-state index contributed by atoms with van der Waals surface area (Å²) in [6, 6.07) is 5.55. The number of rotatable bonds is 6. The molecule has 0 aliphatic rings. The van der Waals surface area contributed by atoms with Gasteiger partial charge in [-0.3, -0.25) is 14.3 Å². The second kappa shape index (κ2) is 6.78. The summed E-state index contributed by atoms with van der Waals surface area (Å²) >= 11 is 1.60. The van der Waals surface area contributed by atoms with Crippen LogP contribution >= 0.6 is 11.3 Å². The number of nitrogens with zero attached hydrogens (tertiary/aromatic N) is 3. The van der Waals surface area contributed by atoms with Crippen LogP contribution < -0.4 is 5.56 Å². The van der Waals surface area contributed by atoms with E-state index in [4.69, 9.17) is 4.74 Å². The number of fused-ring (bicyclic) bond motifs is 1. The number of pyridine rings is 1. The zero-order valence-corrected chi connectivity index (χ0v) is 12.6. The van der Waals surface area contributed by atoms with Gasteiger partial charge in [0.15, 0.2) is 0 Å². The van der Waals surface area contributed by atoms with Gasteiger partial charge >= 0.3 is 0 Å². The highest BCUT2D eigenvalue weighted by atomic mass is 32.1. The van der Waals surface area contributed by atoms with Crippen LogP contribution in [0.2, 0.25) is 0 Å². The van der Waals surface area contributed by atoms with Crippen LogP contribution in [0.25, 0.3) is 10.9 Å². The predicted molar refractivity (Wildman–Crippen MR) is 83.8 cm³/mol. The van der Waals surface area contributed by atoms with Crippen molar-refractivity contribution in [2.24, 2.45) is 0 Å². The van der Waals surface area contributed by atoms with Crippen molar-refractivity contribution in [3.63, 3.8) is 0 Å². The Morgan fingerprint density at radius 2 is 2.32 bits per heavy atom. The number of ether oxygens (including phenoxy) is 1. The summed E-state index contributed by atoms with van der Waals surface area (Å²) in [6.07, 6.45) is 3.76. The Morgan fingerprint density at radius 1 is 1.41 bits per heavy atom. The Kier molecular flexibility index (Phi) is 4.57. The Labute approximate surface area is 130 Å². The normalized spacial score (nSPS) is 12.6. The molecule has 22 heavy (non-hydrogen) atoms. The number of aromatic nitrogens is 3. The van der Waals surface area contributed by atoms with Crippen LogP contribution in [-0.4, -0.2) is 32.4 Å². The van der Waals surface area contributed by atoms with Crippen LogP contribution in [0.3, 0.4) is 0 Å². The third kappa shape index (κ3) is 3.38. The number of aliphatic hydroxyl groups is 1. The monoisotopic (exact) mass is 317 g/mol. The molecule has 0 radical (unpaired) electrons. The van der Waals surface area contributed by atoms with Crippen molar-refractivity contribution in [2.45, 2.75) is 19.3 Å². The van der Waals surface area contributed by atoms with E-state index in [1.54, 1.807) is 29.8 Å². The standard InChI is InChI=1S/C15H15N3O3S/c19-11(8-21-9-12-2-1-5-22-12)7-18-10-17-14-6-16-4-3-13(14)15(18)20/h1-6,10-11,19H,7-9H2/t11-/m0/s1. The second-order valence-corrected chi connectivity index (χ2v) is 5.88. The van der Waals surface area contributed by atoms with Crippen LogP contribution in [0.5, 0.6) is 0 Å². The van der Waals surface area contributed by atoms with Gasteiger partial charge in [0.25, 0.3) is 5.56 Å². The van der Waals surface area contributed by atoms with Gasteiger partial charge in [-0.2, -0.15) is 0 Å². The fraction of sp³-hybridized carbons (Fsp3) is 0.267. The zero-order chi connectivity index (χ0) is 15.4. The molecule has 0 fully saturated rings. The van der Waals surface area contributed by atoms with Gasteiger partial charge in [0, 0.05) is 11.1 Å². The third-order valence-electron chi connectivity index (χ3n) is 3.17. The minimum absolute atomic E-state index is 0.147. The summed E-state index contributed by atoms with van der Waals surface area (Å²) in [4.78, 5) is 21.5. The average Bonchev–Trinajstić information content (AvgIpc) is 3.04. The molecule has 0 aliphatic carbocycles. The molecule has 0 aromatic carbocycles. The van der Waals surface area contributed by atoms with Gasteiger partial charge in [-0.1, -0.05) is 6.07 Å². The summed E-state index contributed by atoms with van der Waals surface area (Å²) in [5, 5.41) is 12.5. The molecule has 0 saturated heterocycles. The quantitative estimate of drug-likeness (QED) is 0.744. The molecule has 114 valence electrons. The SMILES string of the molecule is O=c1c2ccncc2ncn1C[C@H](O)COCc1cccs1. The van der Waals surface area contributed by atoms with Crippen molar-refractivity contribution in [3.8, 4) is 0 Å². The van der Waals surface area contributed by atoms with E-state index in [0.717, 1.165) is 4.88 Å². The Hall–Kier alpha value is -2.09. The predicted octanol–water partition coefficient (Wildman–Crippen LogP) is 1.43. The Morgan fingerprint density at radius 3 is 3.14 bits per heavy atom. The van der Waals surface area contributed by atoms with E-state index in [1.807, 2.05) is 17.5 Å². The molecule has 7 heteroatoms. The van der Waals surface area contributed by atoms with E-state index in [0.29, 0.717) is 17.5 Å². The summed E-state index contributed by atoms with van der Waals surface area (Å²) in [6.45, 7) is 0.776. The molecule has 3 aromatic heterocycles. The molecule has 3 heterocycles. The molecular formula is C15H15N3O3S. The van der Waals surface area contributed by atoms with E-state index < -0.39 is 6.10 Å². The van der Waals surface area contributed by atoms with E-state index in [9.17, 15) is 9.90 Å². The van der Waals surface area contributed by atoms with Gasteiger partial charge in [0.05, 0.1) is 49.3 Å². The minimum Gasteiger partial charge on any atom is -0.389 e. The van der Waals surface area contributed by atoms with Crippen molar-refractivity contribution in [2.75, 3.05) is 6.61 Å². The van der Waals surface area contributed by atoms with Crippen LogP contribution in [0.15, 0.2) is 47.1 Å². The molecule has 0 saturated carbocycles. The molecule has 1 N–H and O–H groups in total. The van der Waals surface area contributed by atoms with Crippen LogP contribution in [-0.2, 0) is 17.9 Å². The number of hydrogen-bond acceptors (Lipinski definition) is 6. The summed E-state index contributed by atoms with van der Waals surface area (Å²) in [5.41, 5.74) is 0.358. The Bertz CT molecular complexity index is 801. The molecule has 0 amide bonds. The number of thiophene rings is 1. The molecular weight excluding hydrogens is 302 g/mol. The van der Waals surface area contributed by atoms with Gasteiger partial charge in [-0.05, 0) is 17.5 Å². The molecule has 3 aromatic rings. The fourth-order valence-corrected chi connectivity index (χ4v) is 2.75. The lowest BCUT2D eigenvalue weighted by Gasteiger charge is -2.13. The van der Waals surface area contributed by atoms with Crippen molar-refractivity contribution in [3.05, 3.63) is 57.5 Å². The number of hydrogen-bond donors (Lipinski definition) is 1. The van der Waals surface area contributed by atoms with Crippen molar-refractivity contribution in [1.82, 2.24) is 14.5 Å². The van der Waals surface area contributed by atoms with E-state index in [1.165, 1.54) is 10.9 Å². The number of aliphatic hydroxyl groups excluding tert-OH is 1. The molecule has 1 atom stereocenters. The highest BCUT2D eigenvalue weighted by Gasteiger charge is 2.09. The molecule has 0 aliphatic heterocycles. The smallest absolute Gasteiger partial charge is 0.261 e. The largest absolute Gasteiger partial charge is 0.389 e. The van der Waals surface area contributed by atoms with Crippen LogP contribution in [0.4, 0.5) is 0 Å². The first-order valence-corrected chi connectivity index (χ1v) is 7.69. The van der Waals surface area contributed by atoms with E-state index in [-0.39, 0.29) is 18.7 Å². The third-order valence-corrected chi connectivity index (χ3v) is 4.02. The van der Waals surface area contributed by atoms with Crippen molar-refractivity contribution < 1.29 is 9.84 Å². The zero-order valence-electron chi connectivity index (χ0n) is 11.8. The minimum atomic E-state index is -0.765. The highest BCUT2D eigenvalue weighted by Crippen LogP contribution is 2.10. The van der Waals surface area contributed by atoms with Gasteiger partial charge in [-0.15, -0.1) is 11.3 Å². The van der Waals surface area contributed by atoms with Gasteiger partial charge in [0.1, 0.15) is 0 Å². The molecule has 3 rings (SSSR count). The van der Waals surface area contributed by atoms with Crippen LogP contribution in [0.1, 0.15) is 4.88 Å². The maximum atomic E-state index is 12.3. The molecule has 6 nitrogen and oxygen atoms in total. The first-order valence-electron chi connectivity index (χ1n) is 6.81. The first-order chi connectivity index (χ1) is 10.7. The lowest BCUT2D eigenvalue weighted by Crippen LogP contribution is -2.29. The van der Waals surface area contributed by atoms with Crippen molar-refractivity contribution in [1.29, 1.82) is 0 Å². The summed E-state index contributed by atoms with van der Waals surface area (Å²) in [5.74, 6) is 0. The Balaban J connectivity index is 1.62. The molecule has 0 unspecified atom stereocenters. The van der Waals surface area contributed by atoms with Gasteiger partial charge < -0.3 is 9.84 Å². The maximum Gasteiger partial charge on any atom is 0.261 e. The van der Waals surface area contributed by atoms with Gasteiger partial charge in [0.2, 0.25) is 0 Å². The maximum absolute atomic E-state index is 12.3. The topological polar surface area (TPSA) is 77.2 Å². The lowest BCUT2D eigenvalue weighted by molar-refractivity contribution is 0.0207. The van der Waals surface area contributed by atoms with Gasteiger partial charge in [-0.25, -0.2) is 4.98 Å². The van der Waals surface area contributed by atoms with Crippen LogP contribution in [0, 0.1) is 0 Å². The summed E-state index contributed by atoms with van der Waals surface area (Å²) < 4.78 is 6.84. The first kappa shape index (κ1) is 14.8. The summed E-state index contributed by atoms with van der Waals surface area (Å²) in [7, 11) is 0. The van der Waals surface area contributed by atoms with E-state index >= 15 is 0 Å². The highest BCUT2D eigenvalue weighted by molar-refractivity contribution is 7.09.